The number of rotatable bonds is 2. The van der Waals surface area contributed by atoms with Crippen LogP contribution in [-0.2, 0) is 4.79 Å². The van der Waals surface area contributed by atoms with Gasteiger partial charge < -0.3 is 5.11 Å². The van der Waals surface area contributed by atoms with Gasteiger partial charge in [-0.15, -0.1) is 0 Å². The van der Waals surface area contributed by atoms with Crippen LogP contribution in [0, 0.1) is 0 Å². The van der Waals surface area contributed by atoms with Crippen LogP contribution in [0.5, 0.6) is 0 Å². The van der Waals surface area contributed by atoms with Gasteiger partial charge in [-0.3, -0.25) is 10.0 Å². The van der Waals surface area contributed by atoms with Crippen molar-refractivity contribution in [1.29, 1.82) is 0 Å². The Morgan fingerprint density at radius 3 is 1.94 bits per heavy atom. The maximum Gasteiger partial charge on any atom is 0.335 e. The zero-order valence-electron chi connectivity index (χ0n) is 9.68. The summed E-state index contributed by atoms with van der Waals surface area (Å²) in [6.07, 6.45) is 1.31. The van der Waals surface area contributed by atoms with E-state index in [0.29, 0.717) is 5.56 Å². The Bertz CT molecular complexity index is 394. The molecule has 5 heteroatoms. The van der Waals surface area contributed by atoms with Crippen molar-refractivity contribution in [2.45, 2.75) is 13.8 Å². The number of benzene rings is 1. The SMILES string of the molecule is CC(C)=CC(=O)NO.O=C(O)c1ccccc1. The van der Waals surface area contributed by atoms with Gasteiger partial charge in [0.2, 0.25) is 0 Å². The molecule has 0 heterocycles. The molecule has 0 aliphatic carbocycles. The zero-order valence-corrected chi connectivity index (χ0v) is 9.68. The molecule has 0 aliphatic rings. The van der Waals surface area contributed by atoms with Gasteiger partial charge >= 0.3 is 5.97 Å². The average molecular weight is 237 g/mol. The van der Waals surface area contributed by atoms with Crippen molar-refractivity contribution in [2.24, 2.45) is 0 Å². The van der Waals surface area contributed by atoms with Crippen LogP contribution in [0.1, 0.15) is 24.2 Å². The Labute approximate surface area is 99.4 Å². The maximum absolute atomic E-state index is 10.2. The lowest BCUT2D eigenvalue weighted by Crippen LogP contribution is -2.15. The molecule has 0 atom stereocenters. The van der Waals surface area contributed by atoms with Gasteiger partial charge in [-0.2, -0.15) is 0 Å². The minimum atomic E-state index is -0.879. The van der Waals surface area contributed by atoms with E-state index in [-0.39, 0.29) is 0 Å². The van der Waals surface area contributed by atoms with Gasteiger partial charge in [0.15, 0.2) is 0 Å². The number of carbonyl (C=O) groups excluding carboxylic acids is 1. The second kappa shape index (κ2) is 8.06. The standard InChI is InChI=1S/C7H6O2.C5H9NO2/c8-7(9)6-4-2-1-3-5-6;1-4(2)3-5(7)6-8/h1-5H,(H,8,9);3,8H,1-2H3,(H,6,7). The quantitative estimate of drug-likeness (QED) is 0.416. The summed E-state index contributed by atoms with van der Waals surface area (Å²) in [5, 5.41) is 16.3. The van der Waals surface area contributed by atoms with Crippen LogP contribution in [0.25, 0.3) is 0 Å². The third-order valence-corrected chi connectivity index (χ3v) is 1.55. The van der Waals surface area contributed by atoms with Gasteiger partial charge in [0.1, 0.15) is 0 Å². The predicted molar refractivity (Wildman–Crippen MR) is 62.8 cm³/mol. The summed E-state index contributed by atoms with van der Waals surface area (Å²) in [6, 6.07) is 8.30. The van der Waals surface area contributed by atoms with E-state index in [1.807, 2.05) is 0 Å². The molecule has 1 rings (SSSR count). The van der Waals surface area contributed by atoms with Crippen LogP contribution in [0.2, 0.25) is 0 Å². The molecule has 0 unspecified atom stereocenters. The summed E-state index contributed by atoms with van der Waals surface area (Å²) in [5.41, 5.74) is 2.67. The molecule has 3 N–H and O–H groups in total. The Kier molecular flexibility index (Phi) is 7.05. The fraction of sp³-hybridized carbons (Fsp3) is 0.167. The first-order valence-electron chi connectivity index (χ1n) is 4.84. The van der Waals surface area contributed by atoms with Gasteiger partial charge in [-0.05, 0) is 26.0 Å². The lowest BCUT2D eigenvalue weighted by atomic mass is 10.2. The summed E-state index contributed by atoms with van der Waals surface area (Å²) in [4.78, 5) is 20.4. The molecule has 1 aromatic carbocycles. The largest absolute Gasteiger partial charge is 0.478 e. The minimum Gasteiger partial charge on any atom is -0.478 e. The second-order valence-electron chi connectivity index (χ2n) is 3.37. The number of carboxylic acid groups (broad SMARTS) is 1. The highest BCUT2D eigenvalue weighted by molar-refractivity contribution is 5.87. The Morgan fingerprint density at radius 1 is 1.18 bits per heavy atom. The summed E-state index contributed by atoms with van der Waals surface area (Å²) >= 11 is 0. The molecular weight excluding hydrogens is 222 g/mol. The summed E-state index contributed by atoms with van der Waals surface area (Å²) < 4.78 is 0. The zero-order chi connectivity index (χ0) is 13.3. The lowest BCUT2D eigenvalue weighted by molar-refractivity contribution is -0.124. The molecule has 0 spiro atoms. The highest BCUT2D eigenvalue weighted by Crippen LogP contribution is 1.96. The number of amides is 1. The van der Waals surface area contributed by atoms with Crippen LogP contribution < -0.4 is 5.48 Å². The molecule has 0 aliphatic heterocycles. The van der Waals surface area contributed by atoms with E-state index in [1.165, 1.54) is 11.6 Å². The van der Waals surface area contributed by atoms with Crippen molar-refractivity contribution in [2.75, 3.05) is 0 Å². The molecule has 0 radical (unpaired) electrons. The van der Waals surface area contributed by atoms with Gasteiger partial charge in [0.05, 0.1) is 5.56 Å². The Hall–Kier alpha value is -2.14. The number of carbonyl (C=O) groups is 2. The third-order valence-electron chi connectivity index (χ3n) is 1.55. The molecule has 17 heavy (non-hydrogen) atoms. The topological polar surface area (TPSA) is 86.6 Å². The maximum atomic E-state index is 10.2. The van der Waals surface area contributed by atoms with E-state index < -0.39 is 11.9 Å². The van der Waals surface area contributed by atoms with Crippen molar-refractivity contribution in [3.63, 3.8) is 0 Å². The Balaban J connectivity index is 0.000000304. The van der Waals surface area contributed by atoms with E-state index in [1.54, 1.807) is 44.2 Å². The summed E-state index contributed by atoms with van der Waals surface area (Å²) in [7, 11) is 0. The minimum absolute atomic E-state index is 0.331. The number of hydrogen-bond acceptors (Lipinski definition) is 3. The first-order chi connectivity index (χ1) is 7.97. The predicted octanol–water partition coefficient (Wildman–Crippen LogP) is 1.84. The molecule has 0 saturated carbocycles. The molecule has 0 bridgehead atoms. The van der Waals surface area contributed by atoms with Crippen LogP contribution >= 0.6 is 0 Å². The van der Waals surface area contributed by atoms with Gasteiger partial charge in [-0.25, -0.2) is 10.3 Å². The van der Waals surface area contributed by atoms with Crippen molar-refractivity contribution in [3.05, 3.63) is 47.5 Å². The van der Waals surface area contributed by atoms with Gasteiger partial charge in [0, 0.05) is 6.08 Å². The van der Waals surface area contributed by atoms with E-state index in [4.69, 9.17) is 10.3 Å². The number of nitrogens with one attached hydrogen (secondary N) is 1. The van der Waals surface area contributed by atoms with Gasteiger partial charge in [-0.1, -0.05) is 23.8 Å². The molecular formula is C12H15NO4. The van der Waals surface area contributed by atoms with Crippen LogP contribution in [0.4, 0.5) is 0 Å². The molecule has 0 saturated heterocycles. The average Bonchev–Trinajstić information content (AvgIpc) is 2.30. The number of aromatic carboxylic acids is 1. The van der Waals surface area contributed by atoms with E-state index in [0.717, 1.165) is 5.57 Å². The molecule has 92 valence electrons. The molecule has 0 fully saturated rings. The fourth-order valence-corrected chi connectivity index (χ4v) is 0.875. The van der Waals surface area contributed by atoms with E-state index in [2.05, 4.69) is 0 Å². The monoisotopic (exact) mass is 237 g/mol. The second-order valence-corrected chi connectivity index (χ2v) is 3.37. The van der Waals surface area contributed by atoms with Crippen molar-refractivity contribution in [1.82, 2.24) is 5.48 Å². The fourth-order valence-electron chi connectivity index (χ4n) is 0.875. The Morgan fingerprint density at radius 2 is 1.71 bits per heavy atom. The van der Waals surface area contributed by atoms with Gasteiger partial charge in [0.25, 0.3) is 5.91 Å². The molecule has 1 aromatic rings. The first-order valence-corrected chi connectivity index (χ1v) is 4.84. The van der Waals surface area contributed by atoms with Crippen molar-refractivity contribution in [3.8, 4) is 0 Å². The molecule has 0 aromatic heterocycles. The van der Waals surface area contributed by atoms with Crippen LogP contribution in [0.15, 0.2) is 42.0 Å². The smallest absolute Gasteiger partial charge is 0.335 e. The third kappa shape index (κ3) is 7.75. The molecule has 5 nitrogen and oxygen atoms in total. The highest BCUT2D eigenvalue weighted by atomic mass is 16.5. The number of allylic oxidation sites excluding steroid dienone is 1. The van der Waals surface area contributed by atoms with Crippen LogP contribution in [0.3, 0.4) is 0 Å². The normalized spacial score (nSPS) is 8.41. The lowest BCUT2D eigenvalue weighted by Gasteiger charge is -1.88. The molecule has 1 amide bonds. The summed E-state index contributed by atoms with van der Waals surface area (Å²) in [6.45, 7) is 3.55. The first kappa shape index (κ1) is 14.9. The van der Waals surface area contributed by atoms with Crippen LogP contribution in [-0.4, -0.2) is 22.2 Å². The number of hydroxylamine groups is 1. The van der Waals surface area contributed by atoms with E-state index in [9.17, 15) is 9.59 Å². The highest BCUT2D eigenvalue weighted by Gasteiger charge is 1.96. The van der Waals surface area contributed by atoms with Crippen molar-refractivity contribution < 1.29 is 19.9 Å². The van der Waals surface area contributed by atoms with Crippen molar-refractivity contribution >= 4 is 11.9 Å². The number of carboxylic acids is 1. The summed E-state index contributed by atoms with van der Waals surface area (Å²) in [5.74, 6) is -1.36. The number of hydrogen-bond donors (Lipinski definition) is 3. The van der Waals surface area contributed by atoms with E-state index >= 15 is 0 Å².